The zero-order chi connectivity index (χ0) is 32.7. The van der Waals surface area contributed by atoms with Gasteiger partial charge in [-0.3, -0.25) is 4.79 Å². The molecule has 0 fully saturated rings. The fourth-order valence-electron chi connectivity index (χ4n) is 5.32. The van der Waals surface area contributed by atoms with E-state index in [9.17, 15) is 9.90 Å². The fourth-order valence-corrected chi connectivity index (χ4v) is 5.32. The Morgan fingerprint density at radius 1 is 0.556 bits per heavy atom. The van der Waals surface area contributed by atoms with E-state index >= 15 is 0 Å². The molecule has 0 bridgehead atoms. The second kappa shape index (κ2) is 38.5. The first kappa shape index (κ1) is 43.4. The molecule has 0 aliphatic heterocycles. The molecule has 0 saturated heterocycles. The highest BCUT2D eigenvalue weighted by molar-refractivity contribution is 5.69. The Morgan fingerprint density at radius 2 is 1.00 bits per heavy atom. The van der Waals surface area contributed by atoms with Crippen molar-refractivity contribution in [1.29, 1.82) is 0 Å². The lowest BCUT2D eigenvalue weighted by atomic mass is 10.0. The Bertz CT molecular complexity index is 708. The van der Waals surface area contributed by atoms with Crippen LogP contribution in [0.4, 0.5) is 0 Å². The van der Waals surface area contributed by atoms with Crippen molar-refractivity contribution >= 4 is 5.97 Å². The van der Waals surface area contributed by atoms with Gasteiger partial charge in [0.15, 0.2) is 0 Å². The SMILES string of the molecule is CC/C=C\C/C=C\C/C=C\C/C=C\CCCCCCCCCOCC(CO)OC(=O)CCCCCCCCCCCCCCC. The number of ether oxygens (including phenoxy) is 2. The number of allylic oxidation sites excluding steroid dienone is 8. The highest BCUT2D eigenvalue weighted by Gasteiger charge is 2.13. The van der Waals surface area contributed by atoms with Gasteiger partial charge in [0.2, 0.25) is 0 Å². The van der Waals surface area contributed by atoms with Crippen LogP contribution in [0, 0.1) is 0 Å². The number of hydrogen-bond donors (Lipinski definition) is 1. The quantitative estimate of drug-likeness (QED) is 0.0430. The van der Waals surface area contributed by atoms with Gasteiger partial charge in [0.25, 0.3) is 0 Å². The summed E-state index contributed by atoms with van der Waals surface area (Å²) in [4.78, 5) is 12.1. The molecule has 0 heterocycles. The van der Waals surface area contributed by atoms with Gasteiger partial charge in [0.1, 0.15) is 6.10 Å². The largest absolute Gasteiger partial charge is 0.457 e. The van der Waals surface area contributed by atoms with Crippen molar-refractivity contribution in [3.05, 3.63) is 48.6 Å². The molecule has 45 heavy (non-hydrogen) atoms. The molecule has 4 nitrogen and oxygen atoms in total. The normalized spacial score (nSPS) is 12.9. The van der Waals surface area contributed by atoms with Crippen LogP contribution in [0.3, 0.4) is 0 Å². The van der Waals surface area contributed by atoms with Crippen LogP contribution in [-0.2, 0) is 14.3 Å². The van der Waals surface area contributed by atoms with Gasteiger partial charge in [-0.2, -0.15) is 0 Å². The number of aliphatic hydroxyl groups is 1. The summed E-state index contributed by atoms with van der Waals surface area (Å²) in [6, 6.07) is 0. The first-order chi connectivity index (χ1) is 22.2. The van der Waals surface area contributed by atoms with E-state index in [0.29, 0.717) is 13.0 Å². The molecule has 0 rings (SSSR count). The number of hydrogen-bond acceptors (Lipinski definition) is 4. The molecule has 1 unspecified atom stereocenters. The molecule has 0 radical (unpaired) electrons. The molecule has 0 aliphatic carbocycles. The van der Waals surface area contributed by atoms with Crippen LogP contribution in [0.1, 0.15) is 181 Å². The summed E-state index contributed by atoms with van der Waals surface area (Å²) in [6.45, 7) is 5.21. The molecule has 0 saturated carbocycles. The van der Waals surface area contributed by atoms with Crippen LogP contribution < -0.4 is 0 Å². The summed E-state index contributed by atoms with van der Waals surface area (Å²) >= 11 is 0. The zero-order valence-electron chi connectivity index (χ0n) is 29.9. The second-order valence-electron chi connectivity index (χ2n) is 12.6. The van der Waals surface area contributed by atoms with Crippen LogP contribution in [0.15, 0.2) is 48.6 Å². The predicted molar refractivity (Wildman–Crippen MR) is 196 cm³/mol. The zero-order valence-corrected chi connectivity index (χ0v) is 29.9. The van der Waals surface area contributed by atoms with E-state index in [4.69, 9.17) is 9.47 Å². The topological polar surface area (TPSA) is 55.8 Å². The minimum atomic E-state index is -0.537. The van der Waals surface area contributed by atoms with Gasteiger partial charge in [-0.25, -0.2) is 0 Å². The van der Waals surface area contributed by atoms with E-state index in [-0.39, 0.29) is 19.2 Å². The molecular formula is C41H74O4. The Labute approximate surface area is 280 Å². The van der Waals surface area contributed by atoms with Gasteiger partial charge < -0.3 is 14.6 Å². The summed E-state index contributed by atoms with van der Waals surface area (Å²) < 4.78 is 11.1. The monoisotopic (exact) mass is 631 g/mol. The first-order valence-corrected chi connectivity index (χ1v) is 19.2. The second-order valence-corrected chi connectivity index (χ2v) is 12.6. The van der Waals surface area contributed by atoms with Crippen LogP contribution >= 0.6 is 0 Å². The predicted octanol–water partition coefficient (Wildman–Crippen LogP) is 12.3. The van der Waals surface area contributed by atoms with Crippen molar-refractivity contribution in [1.82, 2.24) is 0 Å². The third-order valence-corrected chi connectivity index (χ3v) is 8.17. The number of unbranched alkanes of at least 4 members (excludes halogenated alkanes) is 19. The molecule has 0 amide bonds. The van der Waals surface area contributed by atoms with Gasteiger partial charge in [0.05, 0.1) is 13.2 Å². The third-order valence-electron chi connectivity index (χ3n) is 8.17. The molecule has 262 valence electrons. The number of carbonyl (C=O) groups is 1. The highest BCUT2D eigenvalue weighted by atomic mass is 16.6. The average molecular weight is 631 g/mol. The van der Waals surface area contributed by atoms with Gasteiger partial charge in [-0.1, -0.05) is 172 Å². The molecule has 0 spiro atoms. The molecule has 0 aliphatic rings. The van der Waals surface area contributed by atoms with Crippen molar-refractivity contribution in [3.63, 3.8) is 0 Å². The smallest absolute Gasteiger partial charge is 0.306 e. The van der Waals surface area contributed by atoms with Crippen LogP contribution in [0.5, 0.6) is 0 Å². The lowest BCUT2D eigenvalue weighted by Crippen LogP contribution is -2.27. The van der Waals surface area contributed by atoms with Crippen molar-refractivity contribution < 1.29 is 19.4 Å². The van der Waals surface area contributed by atoms with E-state index in [1.807, 2.05) is 0 Å². The Kier molecular flexibility index (Phi) is 37.1. The first-order valence-electron chi connectivity index (χ1n) is 19.2. The summed E-state index contributed by atoms with van der Waals surface area (Å²) in [5, 5.41) is 9.56. The molecule has 0 aromatic carbocycles. The van der Waals surface area contributed by atoms with E-state index in [0.717, 1.165) is 44.9 Å². The van der Waals surface area contributed by atoms with Crippen LogP contribution in [-0.4, -0.2) is 37.0 Å². The van der Waals surface area contributed by atoms with E-state index in [1.165, 1.54) is 116 Å². The van der Waals surface area contributed by atoms with Gasteiger partial charge in [-0.15, -0.1) is 0 Å². The maximum Gasteiger partial charge on any atom is 0.306 e. The summed E-state index contributed by atoms with van der Waals surface area (Å²) in [5.74, 6) is -0.206. The maximum atomic E-state index is 12.1. The Hall–Kier alpha value is -1.65. The minimum Gasteiger partial charge on any atom is -0.457 e. The lowest BCUT2D eigenvalue weighted by Gasteiger charge is -2.16. The molecular weight excluding hydrogens is 556 g/mol. The minimum absolute atomic E-state index is 0.175. The number of rotatable bonds is 35. The number of esters is 1. The molecule has 4 heteroatoms. The molecule has 0 aromatic rings. The Balaban J connectivity index is 3.46. The van der Waals surface area contributed by atoms with Crippen molar-refractivity contribution in [2.45, 2.75) is 187 Å². The fraction of sp³-hybridized carbons (Fsp3) is 0.780. The standard InChI is InChI=1S/C41H74O4/c1-3-5-7-9-11-13-15-17-18-19-20-21-22-23-25-27-29-31-33-35-37-44-39-40(38-42)45-41(43)36-34-32-30-28-26-24-16-14-12-10-8-6-4-2/h5,7,11,13,17-18,20-21,40,42H,3-4,6,8-10,12,14-16,19,22-39H2,1-2H3/b7-5-,13-11-,18-17-,21-20-. The summed E-state index contributed by atoms with van der Waals surface area (Å²) in [7, 11) is 0. The molecule has 0 aromatic heterocycles. The summed E-state index contributed by atoms with van der Waals surface area (Å²) in [5.41, 5.74) is 0. The van der Waals surface area contributed by atoms with Crippen molar-refractivity contribution in [2.24, 2.45) is 0 Å². The van der Waals surface area contributed by atoms with Gasteiger partial charge >= 0.3 is 5.97 Å². The highest BCUT2D eigenvalue weighted by Crippen LogP contribution is 2.14. The van der Waals surface area contributed by atoms with E-state index in [2.05, 4.69) is 62.5 Å². The Morgan fingerprint density at radius 3 is 1.51 bits per heavy atom. The average Bonchev–Trinajstić information content (AvgIpc) is 3.05. The van der Waals surface area contributed by atoms with Gasteiger partial charge in [0, 0.05) is 13.0 Å². The van der Waals surface area contributed by atoms with Crippen molar-refractivity contribution in [3.8, 4) is 0 Å². The van der Waals surface area contributed by atoms with Crippen LogP contribution in [0.2, 0.25) is 0 Å². The number of carbonyl (C=O) groups excluding carboxylic acids is 1. The lowest BCUT2D eigenvalue weighted by molar-refractivity contribution is -0.154. The summed E-state index contributed by atoms with van der Waals surface area (Å²) in [6.07, 6.45) is 48.7. The molecule has 1 atom stereocenters. The van der Waals surface area contributed by atoms with E-state index < -0.39 is 6.10 Å². The maximum absolute atomic E-state index is 12.1. The number of aliphatic hydroxyl groups excluding tert-OH is 1. The van der Waals surface area contributed by atoms with E-state index in [1.54, 1.807) is 0 Å². The van der Waals surface area contributed by atoms with Gasteiger partial charge in [-0.05, 0) is 51.4 Å². The van der Waals surface area contributed by atoms with Crippen molar-refractivity contribution in [2.75, 3.05) is 19.8 Å². The van der Waals surface area contributed by atoms with Crippen LogP contribution in [0.25, 0.3) is 0 Å². The third kappa shape index (κ3) is 36.7. The molecule has 1 N–H and O–H groups in total.